The fourth-order valence-electron chi connectivity index (χ4n) is 2.18. The predicted octanol–water partition coefficient (Wildman–Crippen LogP) is 2.54. The number of amides is 1. The molecule has 3 nitrogen and oxygen atoms in total. The van der Waals surface area contributed by atoms with Gasteiger partial charge >= 0.3 is 0 Å². The Hall–Kier alpha value is -0.900. The van der Waals surface area contributed by atoms with E-state index in [9.17, 15) is 4.79 Å². The highest BCUT2D eigenvalue weighted by Crippen LogP contribution is 2.32. The van der Waals surface area contributed by atoms with Crippen molar-refractivity contribution in [1.29, 1.82) is 0 Å². The minimum Gasteiger partial charge on any atom is -0.291 e. The van der Waals surface area contributed by atoms with E-state index in [1.54, 1.807) is 11.1 Å². The van der Waals surface area contributed by atoms with Crippen LogP contribution in [-0.4, -0.2) is 17.9 Å². The van der Waals surface area contributed by atoms with Crippen molar-refractivity contribution in [2.24, 2.45) is 11.8 Å². The first-order chi connectivity index (χ1) is 7.18. The average Bonchev–Trinajstić information content (AvgIpc) is 2.85. The molecule has 0 N–H and O–H groups in total. The lowest BCUT2D eigenvalue weighted by Gasteiger charge is -2.18. The van der Waals surface area contributed by atoms with E-state index in [4.69, 9.17) is 0 Å². The zero-order chi connectivity index (χ0) is 10.8. The van der Waals surface area contributed by atoms with Crippen molar-refractivity contribution >= 4 is 22.4 Å². The molecule has 2 atom stereocenters. The minimum atomic E-state index is 0.217. The molecule has 1 amide bonds. The highest BCUT2D eigenvalue weighted by molar-refractivity contribution is 7.13. The summed E-state index contributed by atoms with van der Waals surface area (Å²) in [4.78, 5) is 17.9. The van der Waals surface area contributed by atoms with Crippen molar-refractivity contribution in [3.05, 3.63) is 11.6 Å². The fourth-order valence-corrected chi connectivity index (χ4v) is 2.79. The number of rotatable bonds is 2. The monoisotopic (exact) mass is 224 g/mol. The first kappa shape index (κ1) is 10.6. The molecule has 0 aromatic carbocycles. The smallest absolute Gasteiger partial charge is 0.231 e. The molecule has 2 rings (SSSR count). The van der Waals surface area contributed by atoms with Gasteiger partial charge in [0.15, 0.2) is 5.13 Å². The summed E-state index contributed by atoms with van der Waals surface area (Å²) in [6.07, 6.45) is 4.99. The molecule has 82 valence electrons. The highest BCUT2D eigenvalue weighted by atomic mass is 32.1. The van der Waals surface area contributed by atoms with E-state index in [-0.39, 0.29) is 11.8 Å². The number of carbonyl (C=O) groups is 1. The summed E-state index contributed by atoms with van der Waals surface area (Å²) >= 11 is 1.51. The quantitative estimate of drug-likeness (QED) is 0.773. The number of hydrogen-bond acceptors (Lipinski definition) is 3. The number of hydrogen-bond donors (Lipinski definition) is 0. The van der Waals surface area contributed by atoms with Crippen molar-refractivity contribution in [2.75, 3.05) is 11.9 Å². The van der Waals surface area contributed by atoms with Gasteiger partial charge in [0.25, 0.3) is 0 Å². The molecule has 0 bridgehead atoms. The van der Waals surface area contributed by atoms with E-state index in [0.717, 1.165) is 18.0 Å². The third kappa shape index (κ3) is 2.20. The Morgan fingerprint density at radius 2 is 2.40 bits per heavy atom. The molecule has 15 heavy (non-hydrogen) atoms. The fraction of sp³-hybridized carbons (Fsp3) is 0.636. The summed E-state index contributed by atoms with van der Waals surface area (Å²) < 4.78 is 0. The second-order valence-corrected chi connectivity index (χ2v) is 5.20. The largest absolute Gasteiger partial charge is 0.291 e. The molecular weight excluding hydrogens is 208 g/mol. The van der Waals surface area contributed by atoms with Gasteiger partial charge in [-0.25, -0.2) is 4.98 Å². The molecule has 1 aliphatic carbocycles. The van der Waals surface area contributed by atoms with Crippen molar-refractivity contribution in [3.63, 3.8) is 0 Å². The lowest BCUT2D eigenvalue weighted by atomic mass is 10.1. The van der Waals surface area contributed by atoms with Crippen LogP contribution in [0.4, 0.5) is 5.13 Å². The van der Waals surface area contributed by atoms with Crippen molar-refractivity contribution in [2.45, 2.75) is 26.2 Å². The third-order valence-corrected chi connectivity index (χ3v) is 3.93. The molecule has 1 aromatic rings. The first-order valence-electron chi connectivity index (χ1n) is 5.35. The van der Waals surface area contributed by atoms with E-state index >= 15 is 0 Å². The molecule has 1 saturated carbocycles. The van der Waals surface area contributed by atoms with E-state index < -0.39 is 0 Å². The van der Waals surface area contributed by atoms with E-state index in [0.29, 0.717) is 5.92 Å². The number of anilines is 1. The topological polar surface area (TPSA) is 33.2 Å². The third-order valence-electron chi connectivity index (χ3n) is 3.08. The number of aromatic nitrogens is 1. The highest BCUT2D eigenvalue weighted by Gasteiger charge is 2.30. The number of nitrogens with zero attached hydrogens (tertiary/aromatic N) is 2. The number of carbonyl (C=O) groups excluding carboxylic acids is 1. The van der Waals surface area contributed by atoms with Gasteiger partial charge in [-0.05, 0) is 25.2 Å². The molecule has 0 saturated heterocycles. The van der Waals surface area contributed by atoms with Gasteiger partial charge in [0.05, 0.1) is 0 Å². The van der Waals surface area contributed by atoms with Gasteiger partial charge in [-0.2, -0.15) is 0 Å². The van der Waals surface area contributed by atoms with Gasteiger partial charge in [-0.3, -0.25) is 9.69 Å². The van der Waals surface area contributed by atoms with Crippen molar-refractivity contribution in [3.8, 4) is 0 Å². The summed E-state index contributed by atoms with van der Waals surface area (Å²) in [6, 6.07) is 0. The molecule has 0 radical (unpaired) electrons. The summed E-state index contributed by atoms with van der Waals surface area (Å²) in [7, 11) is 1.82. The van der Waals surface area contributed by atoms with Crippen LogP contribution in [0.15, 0.2) is 11.6 Å². The average molecular weight is 224 g/mol. The Balaban J connectivity index is 2.02. The van der Waals surface area contributed by atoms with Gasteiger partial charge in [-0.1, -0.05) is 6.92 Å². The normalized spacial score (nSPS) is 25.5. The summed E-state index contributed by atoms with van der Waals surface area (Å²) in [5.74, 6) is 1.15. The van der Waals surface area contributed by atoms with Crippen molar-refractivity contribution < 1.29 is 4.79 Å². The van der Waals surface area contributed by atoms with Crippen LogP contribution in [0.25, 0.3) is 0 Å². The standard InChI is InChI=1S/C11H16N2OS/c1-8-3-4-9(7-8)10(14)13(2)11-12-5-6-15-11/h5-6,8-9H,3-4,7H2,1-2H3/t8-,9?/m0/s1. The Morgan fingerprint density at radius 3 is 2.93 bits per heavy atom. The Morgan fingerprint density at radius 1 is 1.60 bits per heavy atom. The van der Waals surface area contributed by atoms with E-state index in [1.807, 2.05) is 12.4 Å². The SMILES string of the molecule is C[C@H]1CCC(C(=O)N(C)c2nccs2)C1. The molecular formula is C11H16N2OS. The number of thiazole rings is 1. The van der Waals surface area contributed by atoms with Gasteiger partial charge in [0, 0.05) is 24.5 Å². The van der Waals surface area contributed by atoms with Crippen LogP contribution in [0.3, 0.4) is 0 Å². The van der Waals surface area contributed by atoms with Gasteiger partial charge in [-0.15, -0.1) is 11.3 Å². The summed E-state index contributed by atoms with van der Waals surface area (Å²) in [5.41, 5.74) is 0. The molecule has 1 fully saturated rings. The molecule has 0 aliphatic heterocycles. The van der Waals surface area contributed by atoms with E-state index in [2.05, 4.69) is 11.9 Å². The lowest BCUT2D eigenvalue weighted by molar-refractivity contribution is -0.122. The maximum atomic E-state index is 12.1. The van der Waals surface area contributed by atoms with Gasteiger partial charge in [0.2, 0.25) is 5.91 Å². The van der Waals surface area contributed by atoms with Gasteiger partial charge in [0.1, 0.15) is 0 Å². The van der Waals surface area contributed by atoms with Crippen LogP contribution < -0.4 is 4.90 Å². The van der Waals surface area contributed by atoms with Crippen LogP contribution in [0.5, 0.6) is 0 Å². The summed E-state index contributed by atoms with van der Waals surface area (Å²) in [5, 5.41) is 2.70. The van der Waals surface area contributed by atoms with E-state index in [1.165, 1.54) is 17.8 Å². The molecule has 1 aliphatic rings. The first-order valence-corrected chi connectivity index (χ1v) is 6.23. The van der Waals surface area contributed by atoms with Crippen LogP contribution in [0, 0.1) is 11.8 Å². The molecule has 1 unspecified atom stereocenters. The Kier molecular flexibility index (Phi) is 3.05. The summed E-state index contributed by atoms with van der Waals surface area (Å²) in [6.45, 7) is 2.22. The van der Waals surface area contributed by atoms with Crippen LogP contribution in [0.1, 0.15) is 26.2 Å². The second-order valence-electron chi connectivity index (χ2n) is 4.33. The molecule has 1 aromatic heterocycles. The Bertz CT molecular complexity index is 336. The zero-order valence-corrected chi connectivity index (χ0v) is 9.96. The van der Waals surface area contributed by atoms with Crippen molar-refractivity contribution in [1.82, 2.24) is 4.98 Å². The van der Waals surface area contributed by atoms with Crippen LogP contribution in [0.2, 0.25) is 0 Å². The maximum Gasteiger partial charge on any atom is 0.231 e. The second kappa shape index (κ2) is 4.31. The Labute approximate surface area is 94.1 Å². The van der Waals surface area contributed by atoms with Crippen LogP contribution >= 0.6 is 11.3 Å². The van der Waals surface area contributed by atoms with Crippen LogP contribution in [-0.2, 0) is 4.79 Å². The molecule has 0 spiro atoms. The molecule has 4 heteroatoms. The van der Waals surface area contributed by atoms with Gasteiger partial charge < -0.3 is 0 Å². The maximum absolute atomic E-state index is 12.1. The molecule has 1 heterocycles. The minimum absolute atomic E-state index is 0.217. The zero-order valence-electron chi connectivity index (χ0n) is 9.14. The lowest BCUT2D eigenvalue weighted by Crippen LogP contribution is -2.31. The predicted molar refractivity (Wildman–Crippen MR) is 62.0 cm³/mol.